The molecule has 0 atom stereocenters. The van der Waals surface area contributed by atoms with Crippen LogP contribution in [0.4, 0.5) is 10.3 Å². The Hall–Kier alpha value is -2.39. The third kappa shape index (κ3) is 2.88. The lowest BCUT2D eigenvalue weighted by Crippen LogP contribution is -2.01. The number of H-pyrrole nitrogens is 1. The number of fused-ring (bicyclic) bond motifs is 1. The highest BCUT2D eigenvalue weighted by Crippen LogP contribution is 2.19. The molecule has 1 aromatic heterocycles. The molecule has 0 amide bonds. The lowest BCUT2D eigenvalue weighted by atomic mass is 10.2. The van der Waals surface area contributed by atoms with Crippen molar-refractivity contribution >= 4 is 32.9 Å². The number of benzene rings is 2. The topological polar surface area (TPSA) is 64.5 Å². The first-order chi connectivity index (χ1) is 10.2. The fraction of sp³-hybridized carbons (Fsp3) is 0.0667. The highest BCUT2D eigenvalue weighted by Gasteiger charge is 2.05. The summed E-state index contributed by atoms with van der Waals surface area (Å²) < 4.78 is 13.6. The Morgan fingerprint density at radius 3 is 2.90 bits per heavy atom. The van der Waals surface area contributed by atoms with E-state index in [-0.39, 0.29) is 5.82 Å². The summed E-state index contributed by atoms with van der Waals surface area (Å²) in [5.41, 5.74) is 3.11. The van der Waals surface area contributed by atoms with E-state index in [1.54, 1.807) is 30.3 Å². The van der Waals surface area contributed by atoms with Gasteiger partial charge in [0.25, 0.3) is 0 Å². The highest BCUT2D eigenvalue weighted by molar-refractivity contribution is 9.10. The number of nitrogens with one attached hydrogen (secondary N) is 2. The summed E-state index contributed by atoms with van der Waals surface area (Å²) in [5.74, 6) is 0.326. The fourth-order valence-corrected chi connectivity index (χ4v) is 2.42. The van der Waals surface area contributed by atoms with Crippen LogP contribution in [0.1, 0.15) is 11.1 Å². The zero-order valence-corrected chi connectivity index (χ0v) is 12.4. The van der Waals surface area contributed by atoms with Gasteiger partial charge in [-0.3, -0.25) is 0 Å². The largest absolute Gasteiger partial charge is 0.352 e. The molecule has 2 aromatic carbocycles. The monoisotopic (exact) mass is 344 g/mol. The third-order valence-electron chi connectivity index (χ3n) is 3.05. The van der Waals surface area contributed by atoms with Gasteiger partial charge in [-0.05, 0) is 51.8 Å². The summed E-state index contributed by atoms with van der Waals surface area (Å²) in [6, 6.07) is 12.2. The molecule has 0 bridgehead atoms. The Balaban J connectivity index is 1.78. The van der Waals surface area contributed by atoms with Crippen LogP contribution >= 0.6 is 15.9 Å². The number of imidazole rings is 1. The quantitative estimate of drug-likeness (QED) is 0.756. The van der Waals surface area contributed by atoms with Crippen molar-refractivity contribution in [2.45, 2.75) is 6.54 Å². The van der Waals surface area contributed by atoms with Crippen LogP contribution in [0.2, 0.25) is 0 Å². The average Bonchev–Trinajstić information content (AvgIpc) is 2.90. The van der Waals surface area contributed by atoms with E-state index in [2.05, 4.69) is 37.3 Å². The summed E-state index contributed by atoms with van der Waals surface area (Å²) in [6.45, 7) is 0.518. The van der Waals surface area contributed by atoms with Crippen molar-refractivity contribution in [3.05, 3.63) is 57.8 Å². The number of hydrogen-bond acceptors (Lipinski definition) is 3. The van der Waals surface area contributed by atoms with E-state index in [9.17, 15) is 4.39 Å². The number of nitriles is 1. The normalized spacial score (nSPS) is 10.5. The molecule has 0 aliphatic heterocycles. The standard InChI is InChI=1S/C15H10BrFN4/c16-11-5-10(1-3-12(11)17)8-19-15-20-13-4-2-9(7-18)6-14(13)21-15/h1-6H,8H2,(H2,19,20,21). The Morgan fingerprint density at radius 1 is 1.29 bits per heavy atom. The van der Waals surface area contributed by atoms with Crippen LogP contribution in [0.5, 0.6) is 0 Å². The number of halogens is 2. The van der Waals surface area contributed by atoms with Gasteiger partial charge in [-0.15, -0.1) is 0 Å². The van der Waals surface area contributed by atoms with Crippen LogP contribution in [0.25, 0.3) is 11.0 Å². The van der Waals surface area contributed by atoms with Crippen LogP contribution in [0, 0.1) is 17.1 Å². The van der Waals surface area contributed by atoms with Crippen molar-refractivity contribution in [1.29, 1.82) is 5.26 Å². The molecular formula is C15H10BrFN4. The van der Waals surface area contributed by atoms with Crippen molar-refractivity contribution < 1.29 is 4.39 Å². The maximum absolute atomic E-state index is 13.2. The minimum atomic E-state index is -0.286. The molecule has 0 fully saturated rings. The summed E-state index contributed by atoms with van der Waals surface area (Å²) in [7, 11) is 0. The molecule has 3 aromatic rings. The van der Waals surface area contributed by atoms with Gasteiger partial charge in [0.2, 0.25) is 5.95 Å². The Bertz CT molecular complexity index is 850. The predicted octanol–water partition coefficient (Wildman–Crippen LogP) is 3.95. The molecule has 2 N–H and O–H groups in total. The van der Waals surface area contributed by atoms with Gasteiger partial charge in [0.1, 0.15) is 5.82 Å². The van der Waals surface area contributed by atoms with Crippen molar-refractivity contribution in [2.24, 2.45) is 0 Å². The van der Waals surface area contributed by atoms with Crippen LogP contribution in [-0.2, 0) is 6.54 Å². The number of rotatable bonds is 3. The smallest absolute Gasteiger partial charge is 0.201 e. The molecule has 0 saturated carbocycles. The van der Waals surface area contributed by atoms with Crippen LogP contribution < -0.4 is 5.32 Å². The highest BCUT2D eigenvalue weighted by atomic mass is 79.9. The molecule has 0 unspecified atom stereocenters. The molecule has 0 radical (unpaired) electrons. The lowest BCUT2D eigenvalue weighted by Gasteiger charge is -2.04. The minimum absolute atomic E-state index is 0.286. The minimum Gasteiger partial charge on any atom is -0.352 e. The molecule has 0 aliphatic carbocycles. The van der Waals surface area contributed by atoms with Crippen molar-refractivity contribution in [3.63, 3.8) is 0 Å². The van der Waals surface area contributed by atoms with Crippen LogP contribution in [-0.4, -0.2) is 9.97 Å². The van der Waals surface area contributed by atoms with E-state index in [4.69, 9.17) is 5.26 Å². The summed E-state index contributed by atoms with van der Waals surface area (Å²) >= 11 is 3.16. The molecule has 104 valence electrons. The lowest BCUT2D eigenvalue weighted by molar-refractivity contribution is 0.620. The molecule has 21 heavy (non-hydrogen) atoms. The Morgan fingerprint density at radius 2 is 2.14 bits per heavy atom. The van der Waals surface area contributed by atoms with Gasteiger partial charge in [-0.1, -0.05) is 6.07 Å². The van der Waals surface area contributed by atoms with E-state index in [1.807, 2.05) is 0 Å². The first kappa shape index (κ1) is 13.6. The van der Waals surface area contributed by atoms with Crippen molar-refractivity contribution in [3.8, 4) is 6.07 Å². The van der Waals surface area contributed by atoms with Crippen LogP contribution in [0.15, 0.2) is 40.9 Å². The zero-order chi connectivity index (χ0) is 14.8. The number of hydrogen-bond donors (Lipinski definition) is 2. The SMILES string of the molecule is N#Cc1ccc2nc(NCc3ccc(F)c(Br)c3)[nH]c2c1. The van der Waals surface area contributed by atoms with Gasteiger partial charge in [-0.25, -0.2) is 9.37 Å². The number of aromatic amines is 1. The Labute approximate surface area is 128 Å². The molecule has 4 nitrogen and oxygen atoms in total. The zero-order valence-electron chi connectivity index (χ0n) is 10.8. The second kappa shape index (κ2) is 5.54. The van der Waals surface area contributed by atoms with E-state index in [1.165, 1.54) is 6.07 Å². The number of nitrogens with zero attached hydrogens (tertiary/aromatic N) is 2. The Kier molecular flexibility index (Phi) is 3.59. The summed E-state index contributed by atoms with van der Waals surface area (Å²) in [4.78, 5) is 7.49. The molecule has 1 heterocycles. The number of aromatic nitrogens is 2. The molecule has 0 saturated heterocycles. The molecular weight excluding hydrogens is 335 g/mol. The average molecular weight is 345 g/mol. The van der Waals surface area contributed by atoms with Crippen molar-refractivity contribution in [2.75, 3.05) is 5.32 Å². The van der Waals surface area contributed by atoms with Gasteiger partial charge in [0.15, 0.2) is 0 Å². The molecule has 6 heteroatoms. The van der Waals surface area contributed by atoms with Gasteiger partial charge in [0.05, 0.1) is 27.1 Å². The van der Waals surface area contributed by atoms with E-state index in [0.29, 0.717) is 22.5 Å². The van der Waals surface area contributed by atoms with Gasteiger partial charge >= 0.3 is 0 Å². The van der Waals surface area contributed by atoms with Crippen molar-refractivity contribution in [1.82, 2.24) is 9.97 Å². The first-order valence-corrected chi connectivity index (χ1v) is 7.02. The molecule has 0 spiro atoms. The van der Waals surface area contributed by atoms with E-state index < -0.39 is 0 Å². The maximum atomic E-state index is 13.2. The van der Waals surface area contributed by atoms with E-state index in [0.717, 1.165) is 16.6 Å². The van der Waals surface area contributed by atoms with E-state index >= 15 is 0 Å². The fourth-order valence-electron chi connectivity index (χ4n) is 2.00. The summed E-state index contributed by atoms with van der Waals surface area (Å²) in [6.07, 6.45) is 0. The van der Waals surface area contributed by atoms with Crippen LogP contribution in [0.3, 0.4) is 0 Å². The van der Waals surface area contributed by atoms with Gasteiger partial charge < -0.3 is 10.3 Å². The third-order valence-corrected chi connectivity index (χ3v) is 3.66. The maximum Gasteiger partial charge on any atom is 0.201 e. The second-order valence-corrected chi connectivity index (χ2v) is 5.39. The predicted molar refractivity (Wildman–Crippen MR) is 82.2 cm³/mol. The molecule has 0 aliphatic rings. The van der Waals surface area contributed by atoms with Gasteiger partial charge in [0, 0.05) is 6.54 Å². The summed E-state index contributed by atoms with van der Waals surface area (Å²) in [5, 5.41) is 12.0. The second-order valence-electron chi connectivity index (χ2n) is 4.53. The number of anilines is 1. The molecule has 3 rings (SSSR count). The van der Waals surface area contributed by atoms with Gasteiger partial charge in [-0.2, -0.15) is 5.26 Å². The first-order valence-electron chi connectivity index (χ1n) is 6.23.